The van der Waals surface area contributed by atoms with Crippen molar-refractivity contribution in [1.82, 2.24) is 0 Å². The van der Waals surface area contributed by atoms with Crippen LogP contribution in [0.1, 0.15) is 32.6 Å². The van der Waals surface area contributed by atoms with Crippen molar-refractivity contribution >= 4 is 39.7 Å². The molecule has 0 heterocycles. The minimum Gasteiger partial charge on any atom is -0.465 e. The minimum atomic E-state index is -3.15. The molecule has 1 atom stereocenters. The Labute approximate surface area is 164 Å². The predicted molar refractivity (Wildman–Crippen MR) is 112 cm³/mol. The van der Waals surface area contributed by atoms with Crippen molar-refractivity contribution in [2.45, 2.75) is 38.3 Å². The van der Waals surface area contributed by atoms with E-state index in [1.807, 2.05) is 60.7 Å². The monoisotopic (exact) mass is 436 g/mol. The van der Waals surface area contributed by atoms with Crippen LogP contribution >= 0.6 is 23.1 Å². The molecule has 0 fully saturated rings. The quantitative estimate of drug-likeness (QED) is 0.230. The molecule has 1 unspecified atom stereocenters. The van der Waals surface area contributed by atoms with Gasteiger partial charge in [-0.25, -0.2) is 0 Å². The average Bonchev–Trinajstić information content (AvgIpc) is 2.69. The Bertz CT molecular complexity index is 675. The van der Waals surface area contributed by atoms with E-state index in [1.165, 1.54) is 0 Å². The van der Waals surface area contributed by atoms with E-state index in [9.17, 15) is 9.36 Å². The Morgan fingerprint density at radius 1 is 0.962 bits per heavy atom. The lowest BCUT2D eigenvalue weighted by atomic mass is 10.1. The lowest BCUT2D eigenvalue weighted by molar-refractivity contribution is -0.142. The Hall–Kier alpha value is -1.38. The van der Waals surface area contributed by atoms with Gasteiger partial charge in [-0.3, -0.25) is 4.79 Å². The summed E-state index contributed by atoms with van der Waals surface area (Å²) in [6.07, 6.45) is 3.44. The van der Waals surface area contributed by atoms with Gasteiger partial charge in [-0.05, 0) is 19.8 Å². The van der Waals surface area contributed by atoms with E-state index in [1.54, 1.807) is 6.92 Å². The number of benzene rings is 2. The summed E-state index contributed by atoms with van der Waals surface area (Å²) < 4.78 is 19.7. The van der Waals surface area contributed by atoms with Gasteiger partial charge in [0.25, 0.3) is 0 Å². The molecule has 0 radical (unpaired) electrons. The topological polar surface area (TPSA) is 43.4 Å². The highest BCUT2D eigenvalue weighted by molar-refractivity contribution is 9.09. The molecule has 2 rings (SSSR count). The number of hydrogen-bond acceptors (Lipinski definition) is 3. The molecule has 0 aliphatic rings. The third-order valence-electron chi connectivity index (χ3n) is 4.39. The maximum Gasteiger partial charge on any atom is 0.317 e. The number of carbonyl (C=O) groups is 1. The highest BCUT2D eigenvalue weighted by atomic mass is 79.9. The summed E-state index contributed by atoms with van der Waals surface area (Å²) in [6, 6.07) is 18.7. The summed E-state index contributed by atoms with van der Waals surface area (Å²) >= 11 is 3.44. The molecule has 0 bridgehead atoms. The van der Waals surface area contributed by atoms with E-state index in [4.69, 9.17) is 4.74 Å². The van der Waals surface area contributed by atoms with Crippen LogP contribution < -0.4 is 10.6 Å². The zero-order chi connectivity index (χ0) is 18.8. The van der Waals surface area contributed by atoms with E-state index in [0.717, 1.165) is 24.6 Å². The standard InChI is InChI=1S/C21H26BrO3P/c1-2-25-21(23)20(16-10-5-11-17-22)26(24,18-12-6-3-7-13-18)19-14-8-4-9-15-19/h3-4,6-9,12-15,20H,2,5,10-11,16-17H2,1H3. The first kappa shape index (κ1) is 20.9. The SMILES string of the molecule is CCOC(=O)C(CCCCCBr)P(=O)(c1ccccc1)c1ccccc1. The second kappa shape index (κ2) is 10.7. The summed E-state index contributed by atoms with van der Waals surface area (Å²) in [6.45, 7) is 2.08. The fourth-order valence-electron chi connectivity index (χ4n) is 3.10. The smallest absolute Gasteiger partial charge is 0.317 e. The summed E-state index contributed by atoms with van der Waals surface area (Å²) in [5, 5.41) is 2.36. The van der Waals surface area contributed by atoms with Crippen molar-refractivity contribution < 1.29 is 14.1 Å². The van der Waals surface area contributed by atoms with Crippen LogP contribution in [0, 0.1) is 0 Å². The third kappa shape index (κ3) is 5.08. The number of alkyl halides is 1. The zero-order valence-electron chi connectivity index (χ0n) is 15.1. The van der Waals surface area contributed by atoms with Crippen LogP contribution in [0.4, 0.5) is 0 Å². The average molecular weight is 437 g/mol. The van der Waals surface area contributed by atoms with E-state index in [-0.39, 0.29) is 5.97 Å². The number of hydrogen-bond donors (Lipinski definition) is 0. The highest BCUT2D eigenvalue weighted by Crippen LogP contribution is 2.51. The second-order valence-corrected chi connectivity index (χ2v) is 9.90. The molecule has 0 aromatic heterocycles. The molecular formula is C21H26BrO3P. The molecule has 140 valence electrons. The van der Waals surface area contributed by atoms with Crippen LogP contribution in [0.2, 0.25) is 0 Å². The van der Waals surface area contributed by atoms with Crippen molar-refractivity contribution in [3.63, 3.8) is 0 Å². The largest absolute Gasteiger partial charge is 0.465 e. The van der Waals surface area contributed by atoms with Crippen molar-refractivity contribution in [2.24, 2.45) is 0 Å². The van der Waals surface area contributed by atoms with E-state index in [2.05, 4.69) is 15.9 Å². The maximum absolute atomic E-state index is 14.4. The van der Waals surface area contributed by atoms with Gasteiger partial charge in [0.05, 0.1) is 6.61 Å². The van der Waals surface area contributed by atoms with Gasteiger partial charge in [-0.2, -0.15) is 0 Å². The van der Waals surface area contributed by atoms with Crippen LogP contribution in [0.5, 0.6) is 0 Å². The Kier molecular flexibility index (Phi) is 8.61. The second-order valence-electron chi connectivity index (χ2n) is 6.14. The molecule has 2 aromatic rings. The van der Waals surface area contributed by atoms with Crippen LogP contribution in [0.3, 0.4) is 0 Å². The first-order chi connectivity index (χ1) is 12.6. The number of esters is 1. The van der Waals surface area contributed by atoms with Crippen molar-refractivity contribution in [3.8, 4) is 0 Å². The molecular weight excluding hydrogens is 411 g/mol. The summed E-state index contributed by atoms with van der Waals surface area (Å²) in [5.74, 6) is -0.359. The Balaban J connectivity index is 2.47. The molecule has 0 spiro atoms. The molecule has 3 nitrogen and oxygen atoms in total. The first-order valence-corrected chi connectivity index (χ1v) is 12.0. The molecule has 0 N–H and O–H groups in total. The predicted octanol–water partition coefficient (Wildman–Crippen LogP) is 4.89. The highest BCUT2D eigenvalue weighted by Gasteiger charge is 2.41. The van der Waals surface area contributed by atoms with Crippen LogP contribution in [0.15, 0.2) is 60.7 Å². The van der Waals surface area contributed by atoms with E-state index >= 15 is 0 Å². The molecule has 26 heavy (non-hydrogen) atoms. The summed E-state index contributed by atoms with van der Waals surface area (Å²) in [7, 11) is -3.15. The first-order valence-electron chi connectivity index (χ1n) is 9.08. The normalized spacial score (nSPS) is 12.5. The minimum absolute atomic E-state index is 0.292. The van der Waals surface area contributed by atoms with Crippen molar-refractivity contribution in [1.29, 1.82) is 0 Å². The van der Waals surface area contributed by atoms with Crippen LogP contribution in [-0.4, -0.2) is 23.6 Å². The third-order valence-corrected chi connectivity index (χ3v) is 8.43. The number of unbranched alkanes of at least 4 members (excludes halogenated alkanes) is 2. The Morgan fingerprint density at radius 2 is 1.50 bits per heavy atom. The number of halogens is 1. The van der Waals surface area contributed by atoms with Gasteiger partial charge >= 0.3 is 5.97 Å². The van der Waals surface area contributed by atoms with Gasteiger partial charge < -0.3 is 9.30 Å². The van der Waals surface area contributed by atoms with Crippen molar-refractivity contribution in [2.75, 3.05) is 11.9 Å². The fraction of sp³-hybridized carbons (Fsp3) is 0.381. The van der Waals surface area contributed by atoms with Gasteiger partial charge in [0.1, 0.15) is 5.66 Å². The van der Waals surface area contributed by atoms with E-state index in [0.29, 0.717) is 23.6 Å². The molecule has 0 aliphatic carbocycles. The van der Waals surface area contributed by atoms with Crippen molar-refractivity contribution in [3.05, 3.63) is 60.7 Å². The maximum atomic E-state index is 14.4. The Morgan fingerprint density at radius 3 is 1.96 bits per heavy atom. The van der Waals surface area contributed by atoms with Gasteiger partial charge in [0, 0.05) is 15.9 Å². The molecule has 5 heteroatoms. The molecule has 0 saturated carbocycles. The van der Waals surface area contributed by atoms with Gasteiger partial charge in [0.15, 0.2) is 7.14 Å². The van der Waals surface area contributed by atoms with Crippen LogP contribution in [0.25, 0.3) is 0 Å². The molecule has 2 aromatic carbocycles. The molecule has 0 amide bonds. The molecule has 0 saturated heterocycles. The lowest BCUT2D eigenvalue weighted by Crippen LogP contribution is -2.33. The van der Waals surface area contributed by atoms with Gasteiger partial charge in [-0.1, -0.05) is 89.4 Å². The number of rotatable bonds is 10. The molecule has 0 aliphatic heterocycles. The summed E-state index contributed by atoms with van der Waals surface area (Å²) in [5.41, 5.74) is -0.650. The lowest BCUT2D eigenvalue weighted by Gasteiger charge is -2.27. The van der Waals surface area contributed by atoms with Gasteiger partial charge in [-0.15, -0.1) is 0 Å². The number of ether oxygens (including phenoxy) is 1. The fourth-order valence-corrected chi connectivity index (χ4v) is 6.67. The van der Waals surface area contributed by atoms with Crippen LogP contribution in [-0.2, 0) is 14.1 Å². The number of carbonyl (C=O) groups excluding carboxylic acids is 1. The zero-order valence-corrected chi connectivity index (χ0v) is 17.6. The van der Waals surface area contributed by atoms with E-state index < -0.39 is 12.8 Å². The summed E-state index contributed by atoms with van der Waals surface area (Å²) in [4.78, 5) is 12.8. The van der Waals surface area contributed by atoms with Gasteiger partial charge in [0.2, 0.25) is 0 Å².